The highest BCUT2D eigenvalue weighted by Crippen LogP contribution is 2.32. The molecule has 3 rings (SSSR count). The van der Waals surface area contributed by atoms with Crippen molar-refractivity contribution in [3.8, 4) is 0 Å². The number of nitrogens with one attached hydrogen (secondary N) is 2. The summed E-state index contributed by atoms with van der Waals surface area (Å²) in [6.07, 6.45) is 0.582. The number of sulfonamides is 1. The van der Waals surface area contributed by atoms with E-state index in [9.17, 15) is 18.0 Å². The van der Waals surface area contributed by atoms with Crippen LogP contribution in [0.4, 0.5) is 10.5 Å². The molecule has 2 heterocycles. The quantitative estimate of drug-likeness (QED) is 0.674. The maximum atomic E-state index is 13.2. The Balaban J connectivity index is 1.89. The van der Waals surface area contributed by atoms with Crippen molar-refractivity contribution in [2.24, 2.45) is 10.3 Å². The first-order valence-electron chi connectivity index (χ1n) is 9.20. The summed E-state index contributed by atoms with van der Waals surface area (Å²) in [4.78, 5) is 26.5. The molecule has 2 aliphatic rings. The molecule has 2 atom stereocenters. The van der Waals surface area contributed by atoms with Gasteiger partial charge in [-0.25, -0.2) is 4.79 Å². The van der Waals surface area contributed by atoms with Crippen LogP contribution in [0.15, 0.2) is 32.0 Å². The molecule has 11 heteroatoms. The van der Waals surface area contributed by atoms with Crippen LogP contribution in [0.3, 0.4) is 0 Å². The largest absolute Gasteiger partial charge is 0.453 e. The number of ether oxygens (including phenoxy) is 1. The molecule has 0 bridgehead atoms. The second-order valence-corrected chi connectivity index (χ2v) is 9.75. The van der Waals surface area contributed by atoms with E-state index >= 15 is 0 Å². The lowest BCUT2D eigenvalue weighted by molar-refractivity contribution is -0.134. The van der Waals surface area contributed by atoms with Crippen molar-refractivity contribution in [1.82, 2.24) is 10.2 Å². The first-order chi connectivity index (χ1) is 13.6. The number of carbonyl (C=O) groups excluding carboxylic acids is 2. The molecule has 2 unspecified atom stereocenters. The van der Waals surface area contributed by atoms with E-state index in [-0.39, 0.29) is 22.6 Å². The first kappa shape index (κ1) is 21.6. The SMILES string of the molecule is COC(=O)NC(C(=O)N1CCCC1C1=NS(=O)(=O)c2cc(Br)ccc2N1)C(C)C. The lowest BCUT2D eigenvalue weighted by atomic mass is 10.0. The Labute approximate surface area is 178 Å². The van der Waals surface area contributed by atoms with Crippen LogP contribution in [-0.4, -0.2) is 56.9 Å². The molecular formula is C18H23BrN4O5S. The molecule has 1 fully saturated rings. The molecule has 2 N–H and O–H groups in total. The Hall–Kier alpha value is -2.14. The number of rotatable bonds is 4. The molecule has 1 aromatic rings. The van der Waals surface area contributed by atoms with Gasteiger partial charge in [-0.3, -0.25) is 4.79 Å². The van der Waals surface area contributed by atoms with E-state index in [1.54, 1.807) is 17.0 Å². The summed E-state index contributed by atoms with van der Waals surface area (Å²) in [5, 5.41) is 5.64. The molecule has 1 aromatic carbocycles. The molecule has 2 aliphatic heterocycles. The summed E-state index contributed by atoms with van der Waals surface area (Å²) >= 11 is 3.27. The third-order valence-corrected chi connectivity index (χ3v) is 6.77. The molecule has 2 amide bonds. The van der Waals surface area contributed by atoms with Gasteiger partial charge < -0.3 is 20.3 Å². The van der Waals surface area contributed by atoms with Gasteiger partial charge >= 0.3 is 6.09 Å². The average molecular weight is 487 g/mol. The normalized spacial score (nSPS) is 21.1. The van der Waals surface area contributed by atoms with Crippen molar-refractivity contribution in [1.29, 1.82) is 0 Å². The lowest BCUT2D eigenvalue weighted by Gasteiger charge is -2.32. The number of hydrogen-bond acceptors (Lipinski definition) is 6. The average Bonchev–Trinajstić information content (AvgIpc) is 3.15. The van der Waals surface area contributed by atoms with Gasteiger partial charge in [-0.15, -0.1) is 4.40 Å². The van der Waals surface area contributed by atoms with Gasteiger partial charge in [0.1, 0.15) is 16.8 Å². The molecule has 158 valence electrons. The predicted molar refractivity (Wildman–Crippen MR) is 111 cm³/mol. The van der Waals surface area contributed by atoms with Gasteiger partial charge in [0.05, 0.1) is 18.8 Å². The van der Waals surface area contributed by atoms with Gasteiger partial charge in [-0.1, -0.05) is 29.8 Å². The highest BCUT2D eigenvalue weighted by molar-refractivity contribution is 9.10. The number of hydrogen-bond donors (Lipinski definition) is 2. The second-order valence-electron chi connectivity index (χ2n) is 7.26. The molecule has 0 spiro atoms. The van der Waals surface area contributed by atoms with Gasteiger partial charge in [0.2, 0.25) is 5.91 Å². The number of anilines is 1. The Morgan fingerprint density at radius 3 is 2.76 bits per heavy atom. The molecule has 1 saturated heterocycles. The van der Waals surface area contributed by atoms with Crippen molar-refractivity contribution in [3.63, 3.8) is 0 Å². The Morgan fingerprint density at radius 2 is 2.10 bits per heavy atom. The summed E-state index contributed by atoms with van der Waals surface area (Å²) in [6.45, 7) is 4.08. The predicted octanol–water partition coefficient (Wildman–Crippen LogP) is 2.33. The Kier molecular flexibility index (Phi) is 6.18. The summed E-state index contributed by atoms with van der Waals surface area (Å²) in [5.74, 6) is -0.256. The summed E-state index contributed by atoms with van der Waals surface area (Å²) in [5.41, 5.74) is 0.422. The van der Waals surface area contributed by atoms with Gasteiger partial charge in [0.15, 0.2) is 0 Å². The van der Waals surface area contributed by atoms with Gasteiger partial charge in [-0.05, 0) is 37.0 Å². The van der Waals surface area contributed by atoms with E-state index in [2.05, 4.69) is 35.7 Å². The minimum Gasteiger partial charge on any atom is -0.453 e. The molecule has 0 saturated carbocycles. The highest BCUT2D eigenvalue weighted by Gasteiger charge is 2.40. The molecule has 29 heavy (non-hydrogen) atoms. The number of benzene rings is 1. The summed E-state index contributed by atoms with van der Waals surface area (Å²) in [6, 6.07) is 3.58. The first-order valence-corrected chi connectivity index (χ1v) is 11.4. The third kappa shape index (κ3) is 4.40. The fourth-order valence-corrected chi connectivity index (χ4v) is 5.20. The van der Waals surface area contributed by atoms with E-state index in [1.807, 2.05) is 13.8 Å². The van der Waals surface area contributed by atoms with Crippen molar-refractivity contribution in [2.75, 3.05) is 19.0 Å². The molecular weight excluding hydrogens is 464 g/mol. The van der Waals surface area contributed by atoms with Crippen LogP contribution in [0.2, 0.25) is 0 Å². The van der Waals surface area contributed by atoms with Crippen LogP contribution < -0.4 is 10.6 Å². The maximum absolute atomic E-state index is 13.2. The monoisotopic (exact) mass is 486 g/mol. The van der Waals surface area contributed by atoms with Crippen molar-refractivity contribution >= 4 is 49.5 Å². The van der Waals surface area contributed by atoms with E-state index in [1.165, 1.54) is 13.2 Å². The fraction of sp³-hybridized carbons (Fsp3) is 0.500. The van der Waals surface area contributed by atoms with Crippen LogP contribution >= 0.6 is 15.9 Å². The zero-order valence-corrected chi connectivity index (χ0v) is 18.7. The third-order valence-electron chi connectivity index (χ3n) is 4.95. The van der Waals surface area contributed by atoms with Crippen molar-refractivity contribution in [3.05, 3.63) is 22.7 Å². The Bertz CT molecular complexity index is 963. The second kappa shape index (κ2) is 8.31. The van der Waals surface area contributed by atoms with Crippen LogP contribution in [-0.2, 0) is 19.6 Å². The number of amidine groups is 1. The number of nitrogens with zero attached hydrogens (tertiary/aromatic N) is 2. The van der Waals surface area contributed by atoms with Crippen LogP contribution in [0.5, 0.6) is 0 Å². The zero-order valence-electron chi connectivity index (χ0n) is 16.3. The molecule has 0 aliphatic carbocycles. The number of carbonyl (C=O) groups is 2. The topological polar surface area (TPSA) is 117 Å². The molecule has 0 aromatic heterocycles. The fourth-order valence-electron chi connectivity index (χ4n) is 3.49. The van der Waals surface area contributed by atoms with Crippen molar-refractivity contribution in [2.45, 2.75) is 43.7 Å². The number of amides is 2. The van der Waals surface area contributed by atoms with E-state index in [4.69, 9.17) is 0 Å². The van der Waals surface area contributed by atoms with Gasteiger partial charge in [0.25, 0.3) is 10.0 Å². The van der Waals surface area contributed by atoms with Crippen LogP contribution in [0.1, 0.15) is 26.7 Å². The standard InChI is InChI=1S/C18H23BrN4O5S/c1-10(2)15(21-18(25)28-3)17(24)23-8-4-5-13(23)16-20-12-7-6-11(19)9-14(12)29(26,27)22-16/h6-7,9-10,13,15H,4-5,8H2,1-3H3,(H,20,22)(H,21,25). The van der Waals surface area contributed by atoms with Crippen LogP contribution in [0, 0.1) is 5.92 Å². The number of likely N-dealkylation sites (tertiary alicyclic amines) is 1. The highest BCUT2D eigenvalue weighted by atomic mass is 79.9. The van der Waals surface area contributed by atoms with Crippen molar-refractivity contribution < 1.29 is 22.7 Å². The number of alkyl carbamates (subject to hydrolysis) is 1. The maximum Gasteiger partial charge on any atom is 0.407 e. The van der Waals surface area contributed by atoms with Crippen LogP contribution in [0.25, 0.3) is 0 Å². The van der Waals surface area contributed by atoms with E-state index < -0.39 is 28.2 Å². The smallest absolute Gasteiger partial charge is 0.407 e. The van der Waals surface area contributed by atoms with E-state index in [0.717, 1.165) is 0 Å². The molecule has 9 nitrogen and oxygen atoms in total. The number of fused-ring (bicyclic) bond motifs is 1. The zero-order chi connectivity index (χ0) is 21.3. The molecule has 0 radical (unpaired) electrons. The Morgan fingerprint density at radius 1 is 1.38 bits per heavy atom. The summed E-state index contributed by atoms with van der Waals surface area (Å²) < 4.78 is 34.5. The minimum atomic E-state index is -3.89. The summed E-state index contributed by atoms with van der Waals surface area (Å²) in [7, 11) is -2.66. The van der Waals surface area contributed by atoms with Gasteiger partial charge in [0, 0.05) is 11.0 Å². The lowest BCUT2D eigenvalue weighted by Crippen LogP contribution is -2.54. The number of methoxy groups -OCH3 is 1. The minimum absolute atomic E-state index is 0.0823. The van der Waals surface area contributed by atoms with Gasteiger partial charge in [-0.2, -0.15) is 8.42 Å². The number of halogens is 1. The van der Waals surface area contributed by atoms with E-state index in [0.29, 0.717) is 29.5 Å².